The first-order chi connectivity index (χ1) is 10.6. The van der Waals surface area contributed by atoms with Crippen molar-refractivity contribution in [3.8, 4) is 0 Å². The predicted octanol–water partition coefficient (Wildman–Crippen LogP) is 2.81. The van der Waals surface area contributed by atoms with E-state index >= 15 is 0 Å². The van der Waals surface area contributed by atoms with E-state index < -0.39 is 12.0 Å². The van der Waals surface area contributed by atoms with Gasteiger partial charge < -0.3 is 15.0 Å². The quantitative estimate of drug-likeness (QED) is 0.772. The summed E-state index contributed by atoms with van der Waals surface area (Å²) in [6.07, 6.45) is 4.28. The maximum absolute atomic E-state index is 12.5. The van der Waals surface area contributed by atoms with E-state index in [9.17, 15) is 14.7 Å². The molecule has 0 spiro atoms. The topological polar surface area (TPSA) is 71.3 Å². The van der Waals surface area contributed by atoms with Crippen LogP contribution in [0.3, 0.4) is 0 Å². The molecule has 5 nitrogen and oxygen atoms in total. The Hall–Kier alpha value is -2.56. The van der Waals surface area contributed by atoms with E-state index in [4.69, 9.17) is 0 Å². The Bertz CT molecular complexity index is 703. The minimum Gasteiger partial charge on any atom is -0.480 e. The molecule has 0 aliphatic carbocycles. The van der Waals surface area contributed by atoms with Gasteiger partial charge in [0.15, 0.2) is 0 Å². The number of amides is 1. The van der Waals surface area contributed by atoms with Gasteiger partial charge in [0.1, 0.15) is 6.04 Å². The highest BCUT2D eigenvalue weighted by Gasteiger charge is 2.22. The van der Waals surface area contributed by atoms with E-state index in [1.54, 1.807) is 12.3 Å². The molecule has 2 N–H and O–H groups in total. The number of fused-ring (bicyclic) bond motifs is 1. The van der Waals surface area contributed by atoms with Crippen LogP contribution in [-0.2, 0) is 11.3 Å². The van der Waals surface area contributed by atoms with Crippen LogP contribution in [-0.4, -0.2) is 27.6 Å². The highest BCUT2D eigenvalue weighted by Crippen LogP contribution is 2.21. The summed E-state index contributed by atoms with van der Waals surface area (Å²) in [6.45, 7) is 6.32. The summed E-state index contributed by atoms with van der Waals surface area (Å²) in [5.41, 5.74) is 1.47. The molecule has 1 aromatic carbocycles. The van der Waals surface area contributed by atoms with Crippen molar-refractivity contribution in [1.29, 1.82) is 0 Å². The van der Waals surface area contributed by atoms with Crippen LogP contribution in [0.25, 0.3) is 10.9 Å². The number of aryl methyl sites for hydroxylation is 1. The second-order valence-electron chi connectivity index (χ2n) is 5.08. The predicted molar refractivity (Wildman–Crippen MR) is 85.9 cm³/mol. The first-order valence-electron chi connectivity index (χ1n) is 7.31. The Kier molecular flexibility index (Phi) is 4.99. The van der Waals surface area contributed by atoms with Crippen molar-refractivity contribution in [1.82, 2.24) is 9.88 Å². The van der Waals surface area contributed by atoms with Gasteiger partial charge in [-0.05, 0) is 25.8 Å². The largest absolute Gasteiger partial charge is 0.480 e. The van der Waals surface area contributed by atoms with Crippen LogP contribution in [0.1, 0.15) is 30.1 Å². The number of benzene rings is 1. The molecule has 2 rings (SSSR count). The Labute approximate surface area is 129 Å². The smallest absolute Gasteiger partial charge is 0.326 e. The molecular weight excluding hydrogens is 280 g/mol. The Balaban J connectivity index is 2.29. The molecule has 0 aliphatic heterocycles. The van der Waals surface area contributed by atoms with Crippen LogP contribution in [0.15, 0.2) is 43.1 Å². The zero-order valence-corrected chi connectivity index (χ0v) is 12.6. The normalized spacial score (nSPS) is 12.0. The lowest BCUT2D eigenvalue weighted by Crippen LogP contribution is -2.40. The van der Waals surface area contributed by atoms with Crippen molar-refractivity contribution in [2.45, 2.75) is 32.4 Å². The van der Waals surface area contributed by atoms with E-state index in [1.807, 2.05) is 35.8 Å². The van der Waals surface area contributed by atoms with Gasteiger partial charge in [-0.15, -0.1) is 6.58 Å². The molecule has 2 aromatic rings. The molecule has 0 aliphatic rings. The molecule has 0 saturated carbocycles. The third-order valence-electron chi connectivity index (χ3n) is 3.64. The van der Waals surface area contributed by atoms with E-state index in [2.05, 4.69) is 11.9 Å². The Morgan fingerprint density at radius 1 is 1.41 bits per heavy atom. The lowest BCUT2D eigenvalue weighted by molar-refractivity contribution is -0.139. The van der Waals surface area contributed by atoms with Crippen LogP contribution in [0, 0.1) is 0 Å². The van der Waals surface area contributed by atoms with Gasteiger partial charge in [-0.3, -0.25) is 4.79 Å². The maximum atomic E-state index is 12.5. The highest BCUT2D eigenvalue weighted by atomic mass is 16.4. The number of hydrogen-bond acceptors (Lipinski definition) is 2. The van der Waals surface area contributed by atoms with Crippen molar-refractivity contribution >= 4 is 22.8 Å². The number of rotatable bonds is 7. The van der Waals surface area contributed by atoms with Crippen molar-refractivity contribution in [3.63, 3.8) is 0 Å². The maximum Gasteiger partial charge on any atom is 0.326 e. The number of nitrogens with zero attached hydrogens (tertiary/aromatic N) is 1. The molecule has 1 heterocycles. The van der Waals surface area contributed by atoms with Gasteiger partial charge in [0, 0.05) is 23.6 Å². The number of carbonyl (C=O) groups is 2. The summed E-state index contributed by atoms with van der Waals surface area (Å²) >= 11 is 0. The summed E-state index contributed by atoms with van der Waals surface area (Å²) in [6, 6.07) is 6.69. The second-order valence-corrected chi connectivity index (χ2v) is 5.08. The first kappa shape index (κ1) is 15.8. The molecule has 0 bridgehead atoms. The van der Waals surface area contributed by atoms with Crippen molar-refractivity contribution in [2.75, 3.05) is 0 Å². The zero-order chi connectivity index (χ0) is 16.1. The molecular formula is C17H20N2O3. The van der Waals surface area contributed by atoms with Gasteiger partial charge in [0.25, 0.3) is 5.91 Å². The first-order valence-corrected chi connectivity index (χ1v) is 7.31. The van der Waals surface area contributed by atoms with Crippen LogP contribution in [0.2, 0.25) is 0 Å². The SMILES string of the molecule is C=CCCC(NC(=O)c1cn(CC)c2ccccc12)C(=O)O. The molecule has 5 heteroatoms. The van der Waals surface area contributed by atoms with Crippen molar-refractivity contribution < 1.29 is 14.7 Å². The van der Waals surface area contributed by atoms with Crippen LogP contribution in [0.4, 0.5) is 0 Å². The van der Waals surface area contributed by atoms with E-state index in [-0.39, 0.29) is 5.91 Å². The van der Waals surface area contributed by atoms with Gasteiger partial charge >= 0.3 is 5.97 Å². The Morgan fingerprint density at radius 3 is 2.77 bits per heavy atom. The number of aliphatic carboxylic acids is 1. The van der Waals surface area contributed by atoms with Gasteiger partial charge in [0.2, 0.25) is 0 Å². The molecule has 1 atom stereocenters. The lowest BCUT2D eigenvalue weighted by Gasteiger charge is -2.13. The van der Waals surface area contributed by atoms with Crippen LogP contribution in [0.5, 0.6) is 0 Å². The third-order valence-corrected chi connectivity index (χ3v) is 3.64. The molecule has 0 radical (unpaired) electrons. The monoisotopic (exact) mass is 300 g/mol. The fraction of sp³-hybridized carbons (Fsp3) is 0.294. The van der Waals surface area contributed by atoms with E-state index in [0.29, 0.717) is 18.4 Å². The minimum absolute atomic E-state index is 0.330. The minimum atomic E-state index is -1.03. The molecule has 1 aromatic heterocycles. The lowest BCUT2D eigenvalue weighted by atomic mass is 10.1. The number of nitrogens with one attached hydrogen (secondary N) is 1. The van der Waals surface area contributed by atoms with Crippen LogP contribution >= 0.6 is 0 Å². The number of carboxylic acids is 1. The van der Waals surface area contributed by atoms with Crippen molar-refractivity contribution in [3.05, 3.63) is 48.7 Å². The summed E-state index contributed by atoms with van der Waals surface area (Å²) in [5.74, 6) is -1.39. The number of allylic oxidation sites excluding steroid dienone is 1. The van der Waals surface area contributed by atoms with E-state index in [0.717, 1.165) is 17.4 Å². The summed E-state index contributed by atoms with van der Waals surface area (Å²) in [4.78, 5) is 23.7. The van der Waals surface area contributed by atoms with Gasteiger partial charge in [0.05, 0.1) is 5.56 Å². The van der Waals surface area contributed by atoms with Gasteiger partial charge in [-0.1, -0.05) is 24.3 Å². The molecule has 116 valence electrons. The number of carbonyl (C=O) groups excluding carboxylic acids is 1. The van der Waals surface area contributed by atoms with Crippen molar-refractivity contribution in [2.24, 2.45) is 0 Å². The fourth-order valence-corrected chi connectivity index (χ4v) is 2.47. The molecule has 0 saturated heterocycles. The number of carboxylic acid groups (broad SMARTS) is 1. The average Bonchev–Trinajstić information content (AvgIpc) is 2.90. The summed E-state index contributed by atoms with van der Waals surface area (Å²) in [7, 11) is 0. The fourth-order valence-electron chi connectivity index (χ4n) is 2.47. The standard InChI is InChI=1S/C17H20N2O3/c1-3-5-9-14(17(21)22)18-16(20)13-11-19(4-2)15-10-7-6-8-12(13)15/h3,6-8,10-11,14H,1,4-5,9H2,2H3,(H,18,20)(H,21,22). The molecule has 1 amide bonds. The molecule has 0 fully saturated rings. The zero-order valence-electron chi connectivity index (χ0n) is 12.6. The third kappa shape index (κ3) is 3.19. The number of hydrogen-bond donors (Lipinski definition) is 2. The van der Waals surface area contributed by atoms with Gasteiger partial charge in [-0.2, -0.15) is 0 Å². The second kappa shape index (κ2) is 6.93. The van der Waals surface area contributed by atoms with Gasteiger partial charge in [-0.25, -0.2) is 4.79 Å². The average molecular weight is 300 g/mol. The Morgan fingerprint density at radius 2 is 2.14 bits per heavy atom. The van der Waals surface area contributed by atoms with E-state index in [1.165, 1.54) is 0 Å². The summed E-state index contributed by atoms with van der Waals surface area (Å²) in [5, 5.41) is 12.6. The molecule has 22 heavy (non-hydrogen) atoms. The molecule has 1 unspecified atom stereocenters. The number of para-hydroxylation sites is 1. The summed E-state index contributed by atoms with van der Waals surface area (Å²) < 4.78 is 1.98. The highest BCUT2D eigenvalue weighted by molar-refractivity contribution is 6.07. The number of aromatic nitrogens is 1. The van der Waals surface area contributed by atoms with Crippen LogP contribution < -0.4 is 5.32 Å².